The van der Waals surface area contributed by atoms with Crippen molar-refractivity contribution in [2.45, 2.75) is 44.1 Å². The lowest BCUT2D eigenvalue weighted by atomic mass is 10.4. The summed E-state index contributed by atoms with van der Waals surface area (Å²) < 4.78 is 6.41. The molecule has 0 spiro atoms. The predicted octanol–water partition coefficient (Wildman–Crippen LogP) is 1.40. The number of hydrogen-bond donors (Lipinski definition) is 2. The first-order chi connectivity index (χ1) is 10.0. The lowest BCUT2D eigenvalue weighted by Crippen LogP contribution is -2.24. The van der Waals surface area contributed by atoms with E-state index >= 15 is 0 Å². The molecule has 21 heavy (non-hydrogen) atoms. The molecule has 2 heterocycles. The standard InChI is InChI=1S/C12H17N5O3S/c1-4-5-17-11(19)14-15-12(17)21-8(3)10(18)13-9-6-7(2)20-16-9/h6,8H,4-5H2,1-3H3,(H,14,19)(H,13,16,18). The first-order valence-electron chi connectivity index (χ1n) is 6.57. The van der Waals surface area contributed by atoms with Crippen molar-refractivity contribution in [3.8, 4) is 0 Å². The van der Waals surface area contributed by atoms with Gasteiger partial charge in [-0.15, -0.1) is 5.10 Å². The zero-order valence-electron chi connectivity index (χ0n) is 12.0. The molecule has 1 amide bonds. The fraction of sp³-hybridized carbons (Fsp3) is 0.500. The molecule has 0 aliphatic rings. The number of nitrogens with one attached hydrogen (secondary N) is 2. The number of H-pyrrole nitrogens is 1. The molecule has 0 saturated heterocycles. The number of aromatic nitrogens is 4. The first-order valence-corrected chi connectivity index (χ1v) is 7.45. The second-order valence-corrected chi connectivity index (χ2v) is 5.84. The van der Waals surface area contributed by atoms with Gasteiger partial charge in [0.05, 0.1) is 5.25 Å². The van der Waals surface area contributed by atoms with Crippen LogP contribution in [0.15, 0.2) is 20.5 Å². The van der Waals surface area contributed by atoms with E-state index in [-0.39, 0.29) is 11.6 Å². The van der Waals surface area contributed by atoms with E-state index in [0.29, 0.717) is 23.3 Å². The average molecular weight is 311 g/mol. The van der Waals surface area contributed by atoms with Crippen LogP contribution in [0.1, 0.15) is 26.0 Å². The van der Waals surface area contributed by atoms with Gasteiger partial charge in [-0.3, -0.25) is 9.36 Å². The van der Waals surface area contributed by atoms with Crippen molar-refractivity contribution in [3.05, 3.63) is 22.3 Å². The highest BCUT2D eigenvalue weighted by atomic mass is 32.2. The molecule has 9 heteroatoms. The van der Waals surface area contributed by atoms with Crippen LogP contribution >= 0.6 is 11.8 Å². The van der Waals surface area contributed by atoms with Gasteiger partial charge in [0.25, 0.3) is 0 Å². The van der Waals surface area contributed by atoms with Crippen LogP contribution < -0.4 is 11.0 Å². The number of anilines is 1. The molecule has 0 bridgehead atoms. The summed E-state index contributed by atoms with van der Waals surface area (Å²) in [7, 11) is 0. The molecule has 0 aromatic carbocycles. The Labute approximate surface area is 125 Å². The summed E-state index contributed by atoms with van der Waals surface area (Å²) in [5, 5.41) is 12.8. The Balaban J connectivity index is 2.02. The van der Waals surface area contributed by atoms with Gasteiger partial charge in [-0.25, -0.2) is 9.89 Å². The number of hydrogen-bond acceptors (Lipinski definition) is 6. The summed E-state index contributed by atoms with van der Waals surface area (Å²) in [6, 6.07) is 1.64. The SMILES string of the molecule is CCCn1c(SC(C)C(=O)Nc2cc(C)on2)n[nH]c1=O. The lowest BCUT2D eigenvalue weighted by Gasteiger charge is -2.10. The van der Waals surface area contributed by atoms with E-state index in [9.17, 15) is 9.59 Å². The van der Waals surface area contributed by atoms with Gasteiger partial charge in [0, 0.05) is 12.6 Å². The number of amides is 1. The van der Waals surface area contributed by atoms with Crippen LogP contribution in [0.3, 0.4) is 0 Å². The van der Waals surface area contributed by atoms with E-state index in [1.54, 1.807) is 19.9 Å². The van der Waals surface area contributed by atoms with Crippen molar-refractivity contribution in [1.29, 1.82) is 0 Å². The van der Waals surface area contributed by atoms with Crippen molar-refractivity contribution in [3.63, 3.8) is 0 Å². The largest absolute Gasteiger partial charge is 0.360 e. The topological polar surface area (TPSA) is 106 Å². The number of aryl methyl sites for hydroxylation is 1. The van der Waals surface area contributed by atoms with Gasteiger partial charge in [0.1, 0.15) is 5.76 Å². The molecule has 0 aliphatic heterocycles. The maximum absolute atomic E-state index is 12.1. The predicted molar refractivity (Wildman–Crippen MR) is 78.3 cm³/mol. The Morgan fingerprint density at radius 1 is 1.62 bits per heavy atom. The quantitative estimate of drug-likeness (QED) is 0.781. The van der Waals surface area contributed by atoms with Crippen LogP contribution in [0, 0.1) is 6.92 Å². The molecule has 0 fully saturated rings. The van der Waals surface area contributed by atoms with Gasteiger partial charge in [0.15, 0.2) is 11.0 Å². The lowest BCUT2D eigenvalue weighted by molar-refractivity contribution is -0.115. The molecule has 2 rings (SSSR count). The Kier molecular flexibility index (Phi) is 4.84. The number of nitrogens with zero attached hydrogens (tertiary/aromatic N) is 3. The fourth-order valence-electron chi connectivity index (χ4n) is 1.68. The van der Waals surface area contributed by atoms with Gasteiger partial charge in [-0.1, -0.05) is 23.8 Å². The Morgan fingerprint density at radius 2 is 2.38 bits per heavy atom. The maximum Gasteiger partial charge on any atom is 0.343 e. The zero-order valence-corrected chi connectivity index (χ0v) is 12.9. The van der Waals surface area contributed by atoms with Crippen molar-refractivity contribution < 1.29 is 9.32 Å². The molecule has 0 aliphatic carbocycles. The molecule has 2 N–H and O–H groups in total. The monoisotopic (exact) mass is 311 g/mol. The molecule has 0 saturated carbocycles. The van der Waals surface area contributed by atoms with Gasteiger partial charge in [0.2, 0.25) is 5.91 Å². The minimum Gasteiger partial charge on any atom is -0.360 e. The molecule has 1 atom stereocenters. The summed E-state index contributed by atoms with van der Waals surface area (Å²) in [4.78, 5) is 23.6. The number of carbonyl (C=O) groups excluding carboxylic acids is 1. The van der Waals surface area contributed by atoms with Gasteiger partial charge < -0.3 is 9.84 Å². The van der Waals surface area contributed by atoms with E-state index in [1.165, 1.54) is 16.3 Å². The number of rotatable bonds is 6. The third kappa shape index (κ3) is 3.75. The highest BCUT2D eigenvalue weighted by Crippen LogP contribution is 2.21. The van der Waals surface area contributed by atoms with Gasteiger partial charge in [-0.2, -0.15) is 0 Å². The normalized spacial score (nSPS) is 12.3. The van der Waals surface area contributed by atoms with Gasteiger partial charge >= 0.3 is 5.69 Å². The first kappa shape index (κ1) is 15.4. The van der Waals surface area contributed by atoms with Crippen LogP contribution in [0.25, 0.3) is 0 Å². The number of aromatic amines is 1. The van der Waals surface area contributed by atoms with Crippen LogP contribution in [0.5, 0.6) is 0 Å². The third-order valence-corrected chi connectivity index (χ3v) is 3.79. The summed E-state index contributed by atoms with van der Waals surface area (Å²) >= 11 is 1.22. The van der Waals surface area contributed by atoms with E-state index < -0.39 is 5.25 Å². The number of thioether (sulfide) groups is 1. The molecular formula is C12H17N5O3S. The molecular weight excluding hydrogens is 294 g/mol. The Hall–Kier alpha value is -2.03. The van der Waals surface area contributed by atoms with Crippen LogP contribution in [-0.4, -0.2) is 31.1 Å². The zero-order chi connectivity index (χ0) is 15.4. The Bertz CT molecular complexity index is 674. The molecule has 2 aromatic rings. The Morgan fingerprint density at radius 3 is 3.00 bits per heavy atom. The molecule has 114 valence electrons. The minimum absolute atomic E-state index is 0.230. The fourth-order valence-corrected chi connectivity index (χ4v) is 2.56. The highest BCUT2D eigenvalue weighted by molar-refractivity contribution is 8.00. The third-order valence-electron chi connectivity index (χ3n) is 2.70. The minimum atomic E-state index is -0.423. The second kappa shape index (κ2) is 6.61. The van der Waals surface area contributed by atoms with Crippen molar-refractivity contribution in [1.82, 2.24) is 19.9 Å². The average Bonchev–Trinajstić information content (AvgIpc) is 2.99. The van der Waals surface area contributed by atoms with Crippen molar-refractivity contribution >= 4 is 23.5 Å². The van der Waals surface area contributed by atoms with E-state index in [2.05, 4.69) is 20.7 Å². The van der Waals surface area contributed by atoms with E-state index in [4.69, 9.17) is 4.52 Å². The van der Waals surface area contributed by atoms with Crippen LogP contribution in [-0.2, 0) is 11.3 Å². The summed E-state index contributed by atoms with van der Waals surface area (Å²) in [6.07, 6.45) is 0.811. The van der Waals surface area contributed by atoms with Crippen molar-refractivity contribution in [2.75, 3.05) is 5.32 Å². The van der Waals surface area contributed by atoms with Crippen molar-refractivity contribution in [2.24, 2.45) is 0 Å². The molecule has 1 unspecified atom stereocenters. The highest BCUT2D eigenvalue weighted by Gasteiger charge is 2.19. The second-order valence-electron chi connectivity index (χ2n) is 4.54. The smallest absolute Gasteiger partial charge is 0.343 e. The van der Waals surface area contributed by atoms with E-state index in [1.807, 2.05) is 6.92 Å². The van der Waals surface area contributed by atoms with Crippen LogP contribution in [0.4, 0.5) is 5.82 Å². The summed E-state index contributed by atoms with van der Waals surface area (Å²) in [5.74, 6) is 0.763. The molecule has 8 nitrogen and oxygen atoms in total. The summed E-state index contributed by atoms with van der Waals surface area (Å²) in [6.45, 7) is 6.02. The summed E-state index contributed by atoms with van der Waals surface area (Å²) in [5.41, 5.74) is -0.265. The number of carbonyl (C=O) groups is 1. The molecule has 2 aromatic heterocycles. The molecule has 0 radical (unpaired) electrons. The van der Waals surface area contributed by atoms with Gasteiger partial charge in [-0.05, 0) is 20.3 Å². The van der Waals surface area contributed by atoms with E-state index in [0.717, 1.165) is 6.42 Å². The maximum atomic E-state index is 12.1. The van der Waals surface area contributed by atoms with Crippen LogP contribution in [0.2, 0.25) is 0 Å².